The molecule has 1 fully saturated rings. The highest BCUT2D eigenvalue weighted by Gasteiger charge is 2.44. The highest BCUT2D eigenvalue weighted by atomic mass is 16.5. The highest BCUT2D eigenvalue weighted by molar-refractivity contribution is 5.28. The maximum absolute atomic E-state index is 5.22. The van der Waals surface area contributed by atoms with E-state index in [4.69, 9.17) is 4.74 Å². The predicted molar refractivity (Wildman–Crippen MR) is 71.2 cm³/mol. The van der Waals surface area contributed by atoms with Gasteiger partial charge in [-0.25, -0.2) is 0 Å². The van der Waals surface area contributed by atoms with Gasteiger partial charge in [0.1, 0.15) is 5.75 Å². The molecule has 0 atom stereocenters. The summed E-state index contributed by atoms with van der Waals surface area (Å²) in [6.45, 7) is 6.74. The first kappa shape index (κ1) is 12.4. The van der Waals surface area contributed by atoms with Crippen LogP contribution >= 0.6 is 0 Å². The van der Waals surface area contributed by atoms with Gasteiger partial charge in [-0.3, -0.25) is 0 Å². The van der Waals surface area contributed by atoms with Crippen molar-refractivity contribution in [2.75, 3.05) is 13.7 Å². The van der Waals surface area contributed by atoms with Crippen LogP contribution in [0.5, 0.6) is 5.75 Å². The average Bonchev–Trinajstić information content (AvgIpc) is 3.11. The molecule has 0 saturated heterocycles. The van der Waals surface area contributed by atoms with Gasteiger partial charge in [0.15, 0.2) is 0 Å². The summed E-state index contributed by atoms with van der Waals surface area (Å²) in [6.07, 6.45) is 2.77. The molecule has 2 heteroatoms. The van der Waals surface area contributed by atoms with E-state index >= 15 is 0 Å². The quantitative estimate of drug-likeness (QED) is 0.814. The molecule has 0 aliphatic heterocycles. The summed E-state index contributed by atoms with van der Waals surface area (Å²) in [5.74, 6) is 1.73. The minimum absolute atomic E-state index is 0.582. The van der Waals surface area contributed by atoms with E-state index in [1.165, 1.54) is 18.4 Å². The fraction of sp³-hybridized carbons (Fsp3) is 0.600. The van der Waals surface area contributed by atoms with Crippen LogP contribution in [0.15, 0.2) is 24.3 Å². The van der Waals surface area contributed by atoms with Crippen molar-refractivity contribution >= 4 is 0 Å². The van der Waals surface area contributed by atoms with Gasteiger partial charge in [0, 0.05) is 13.1 Å². The summed E-state index contributed by atoms with van der Waals surface area (Å²) < 4.78 is 5.22. The van der Waals surface area contributed by atoms with Gasteiger partial charge in [-0.1, -0.05) is 26.0 Å². The largest absolute Gasteiger partial charge is 0.497 e. The minimum Gasteiger partial charge on any atom is -0.497 e. The van der Waals surface area contributed by atoms with Crippen LogP contribution in [-0.4, -0.2) is 13.7 Å². The van der Waals surface area contributed by atoms with Gasteiger partial charge < -0.3 is 10.1 Å². The Kier molecular flexibility index (Phi) is 3.72. The lowest BCUT2D eigenvalue weighted by Gasteiger charge is -2.20. The van der Waals surface area contributed by atoms with E-state index in [1.807, 2.05) is 12.1 Å². The summed E-state index contributed by atoms with van der Waals surface area (Å²) in [5, 5.41) is 3.58. The third-order valence-electron chi connectivity index (χ3n) is 4.06. The second kappa shape index (κ2) is 5.09. The van der Waals surface area contributed by atoms with Crippen LogP contribution in [0.4, 0.5) is 0 Å². The number of ether oxygens (including phenoxy) is 1. The molecule has 2 nitrogen and oxygen atoms in total. The van der Waals surface area contributed by atoms with E-state index in [9.17, 15) is 0 Å². The molecule has 1 saturated carbocycles. The topological polar surface area (TPSA) is 21.3 Å². The monoisotopic (exact) mass is 233 g/mol. The highest BCUT2D eigenvalue weighted by Crippen LogP contribution is 2.51. The molecule has 1 aliphatic carbocycles. The van der Waals surface area contributed by atoms with Gasteiger partial charge in [-0.05, 0) is 41.9 Å². The summed E-state index contributed by atoms with van der Waals surface area (Å²) in [5.41, 5.74) is 1.88. The Balaban J connectivity index is 1.82. The van der Waals surface area contributed by atoms with Gasteiger partial charge in [0.05, 0.1) is 7.11 Å². The van der Waals surface area contributed by atoms with Gasteiger partial charge in [0.2, 0.25) is 0 Å². The molecule has 2 rings (SSSR count). The van der Waals surface area contributed by atoms with E-state index < -0.39 is 0 Å². The summed E-state index contributed by atoms with van der Waals surface area (Å²) in [7, 11) is 1.71. The molecular weight excluding hydrogens is 210 g/mol. The Bertz CT molecular complexity index is 369. The molecular formula is C15H23NO. The molecule has 1 aromatic rings. The lowest BCUT2D eigenvalue weighted by Crippen LogP contribution is -2.27. The first-order chi connectivity index (χ1) is 8.16. The zero-order valence-corrected chi connectivity index (χ0v) is 11.1. The van der Waals surface area contributed by atoms with E-state index in [-0.39, 0.29) is 0 Å². The molecule has 0 radical (unpaired) electrons. The molecule has 1 aliphatic rings. The average molecular weight is 233 g/mol. The van der Waals surface area contributed by atoms with Crippen molar-refractivity contribution < 1.29 is 4.74 Å². The van der Waals surface area contributed by atoms with Crippen molar-refractivity contribution in [3.05, 3.63) is 29.8 Å². The smallest absolute Gasteiger partial charge is 0.119 e. The molecule has 1 aromatic carbocycles. The predicted octanol–water partition coefficient (Wildman–Crippen LogP) is 3.22. The normalized spacial score (nSPS) is 17.2. The fourth-order valence-electron chi connectivity index (χ4n) is 2.36. The van der Waals surface area contributed by atoms with Crippen LogP contribution in [0.3, 0.4) is 0 Å². The van der Waals surface area contributed by atoms with Gasteiger partial charge in [-0.15, -0.1) is 0 Å². The summed E-state index contributed by atoms with van der Waals surface area (Å²) >= 11 is 0. The third-order valence-corrected chi connectivity index (χ3v) is 4.06. The maximum atomic E-state index is 5.22. The van der Waals surface area contributed by atoms with E-state index in [0.717, 1.165) is 24.8 Å². The first-order valence-corrected chi connectivity index (χ1v) is 6.50. The third kappa shape index (κ3) is 3.01. The Hall–Kier alpha value is -1.02. The second-order valence-electron chi connectivity index (χ2n) is 5.47. The van der Waals surface area contributed by atoms with Crippen LogP contribution in [0.1, 0.15) is 32.3 Å². The van der Waals surface area contributed by atoms with E-state index in [2.05, 4.69) is 31.3 Å². The molecule has 1 N–H and O–H groups in total. The van der Waals surface area contributed by atoms with Gasteiger partial charge in [-0.2, -0.15) is 0 Å². The Morgan fingerprint density at radius 1 is 1.35 bits per heavy atom. The fourth-order valence-corrected chi connectivity index (χ4v) is 2.36. The molecule has 94 valence electrons. The number of benzene rings is 1. The van der Waals surface area contributed by atoms with Crippen LogP contribution < -0.4 is 10.1 Å². The summed E-state index contributed by atoms with van der Waals surface area (Å²) in [4.78, 5) is 0. The Morgan fingerprint density at radius 2 is 2.12 bits per heavy atom. The van der Waals surface area contributed by atoms with Crippen LogP contribution in [0.2, 0.25) is 0 Å². The Morgan fingerprint density at radius 3 is 2.71 bits per heavy atom. The number of hydrogen-bond donors (Lipinski definition) is 1. The molecule has 0 spiro atoms. The zero-order valence-electron chi connectivity index (χ0n) is 11.1. The molecule has 0 aromatic heterocycles. The maximum Gasteiger partial charge on any atom is 0.119 e. The second-order valence-corrected chi connectivity index (χ2v) is 5.47. The lowest BCUT2D eigenvalue weighted by molar-refractivity contribution is 0.337. The van der Waals surface area contributed by atoms with Gasteiger partial charge in [0.25, 0.3) is 0 Å². The van der Waals surface area contributed by atoms with Crippen molar-refractivity contribution in [1.29, 1.82) is 0 Å². The van der Waals surface area contributed by atoms with Crippen molar-refractivity contribution in [2.24, 2.45) is 11.3 Å². The molecule has 0 heterocycles. The van der Waals surface area contributed by atoms with Crippen LogP contribution in [0.25, 0.3) is 0 Å². The molecule has 0 amide bonds. The standard InChI is InChI=1S/C15H23NO/c1-12(2)15(7-8-15)11-16-10-13-5-4-6-14(9-13)17-3/h4-6,9,12,16H,7-8,10-11H2,1-3H3. The van der Waals surface area contributed by atoms with Crippen LogP contribution in [-0.2, 0) is 6.54 Å². The van der Waals surface area contributed by atoms with Crippen LogP contribution in [0, 0.1) is 11.3 Å². The number of rotatable bonds is 6. The van der Waals surface area contributed by atoms with Crippen molar-refractivity contribution in [2.45, 2.75) is 33.2 Å². The molecule has 17 heavy (non-hydrogen) atoms. The lowest BCUT2D eigenvalue weighted by atomic mass is 9.92. The SMILES string of the molecule is COc1cccc(CNCC2(C(C)C)CC2)c1. The van der Waals surface area contributed by atoms with E-state index in [1.54, 1.807) is 7.11 Å². The number of nitrogens with one attached hydrogen (secondary N) is 1. The number of methoxy groups -OCH3 is 1. The molecule has 0 bridgehead atoms. The number of hydrogen-bond acceptors (Lipinski definition) is 2. The van der Waals surface area contributed by atoms with Gasteiger partial charge >= 0.3 is 0 Å². The van der Waals surface area contributed by atoms with Crippen molar-refractivity contribution in [3.8, 4) is 5.75 Å². The minimum atomic E-state index is 0.582. The first-order valence-electron chi connectivity index (χ1n) is 6.50. The van der Waals surface area contributed by atoms with E-state index in [0.29, 0.717) is 5.41 Å². The van der Waals surface area contributed by atoms with Crippen molar-refractivity contribution in [1.82, 2.24) is 5.32 Å². The summed E-state index contributed by atoms with van der Waals surface area (Å²) in [6, 6.07) is 8.28. The Labute approximate surface area is 104 Å². The zero-order chi connectivity index (χ0) is 12.3. The molecule has 0 unspecified atom stereocenters. The van der Waals surface area contributed by atoms with Crippen molar-refractivity contribution in [3.63, 3.8) is 0 Å².